The first kappa shape index (κ1) is 18.6. The maximum atomic E-state index is 12.1. The highest BCUT2D eigenvalue weighted by atomic mass is 32.2. The minimum absolute atomic E-state index is 0.0687. The van der Waals surface area contributed by atoms with Gasteiger partial charge in [0.15, 0.2) is 5.69 Å². The van der Waals surface area contributed by atoms with Crippen molar-refractivity contribution < 1.29 is 17.7 Å². The molecule has 0 radical (unpaired) electrons. The molecule has 1 fully saturated rings. The summed E-state index contributed by atoms with van der Waals surface area (Å²) in [7, 11) is -3.35. The van der Waals surface area contributed by atoms with Crippen molar-refractivity contribution >= 4 is 15.9 Å². The van der Waals surface area contributed by atoms with Gasteiger partial charge in [0.25, 0.3) is 5.91 Å². The van der Waals surface area contributed by atoms with Crippen LogP contribution in [0.1, 0.15) is 60.0 Å². The zero-order valence-electron chi connectivity index (χ0n) is 14.9. The van der Waals surface area contributed by atoms with E-state index in [2.05, 4.69) is 15.2 Å². The normalized spacial score (nSPS) is 14.6. The predicted octanol–water partition coefficient (Wildman–Crippen LogP) is 2.31. The van der Waals surface area contributed by atoms with Crippen LogP contribution in [0.25, 0.3) is 0 Å². The van der Waals surface area contributed by atoms with Crippen LogP contribution < -0.4 is 10.0 Å². The molecule has 0 saturated heterocycles. The summed E-state index contributed by atoms with van der Waals surface area (Å²) in [5.74, 6) is 0.836. The van der Waals surface area contributed by atoms with E-state index >= 15 is 0 Å². The first-order chi connectivity index (χ1) is 12.3. The SMILES string of the molecule is CC(C)NS(=O)(=O)Cc1ccc(CNC(=O)c2cc(C3CC3)on2)cc1. The van der Waals surface area contributed by atoms with Gasteiger partial charge in [-0.15, -0.1) is 0 Å². The zero-order valence-corrected chi connectivity index (χ0v) is 15.7. The van der Waals surface area contributed by atoms with E-state index in [0.717, 1.165) is 24.2 Å². The predicted molar refractivity (Wildman–Crippen MR) is 97.0 cm³/mol. The second-order valence-corrected chi connectivity index (χ2v) is 8.67. The first-order valence-corrected chi connectivity index (χ1v) is 10.3. The van der Waals surface area contributed by atoms with Crippen molar-refractivity contribution in [3.63, 3.8) is 0 Å². The van der Waals surface area contributed by atoms with Gasteiger partial charge in [0.1, 0.15) is 5.76 Å². The average molecular weight is 377 g/mol. The molecule has 26 heavy (non-hydrogen) atoms. The second-order valence-electron chi connectivity index (χ2n) is 6.92. The molecule has 1 amide bonds. The van der Waals surface area contributed by atoms with Gasteiger partial charge in [-0.1, -0.05) is 29.4 Å². The number of nitrogens with zero attached hydrogens (tertiary/aromatic N) is 1. The number of amides is 1. The van der Waals surface area contributed by atoms with Gasteiger partial charge >= 0.3 is 0 Å². The van der Waals surface area contributed by atoms with Gasteiger partial charge in [-0.3, -0.25) is 4.79 Å². The van der Waals surface area contributed by atoms with E-state index in [4.69, 9.17) is 4.52 Å². The quantitative estimate of drug-likeness (QED) is 0.735. The Labute approximate surface area is 153 Å². The molecule has 1 saturated carbocycles. The molecule has 0 unspecified atom stereocenters. The summed E-state index contributed by atoms with van der Waals surface area (Å²) in [4.78, 5) is 12.1. The van der Waals surface area contributed by atoms with Crippen LogP contribution in [0, 0.1) is 0 Å². The number of hydrogen-bond acceptors (Lipinski definition) is 5. The lowest BCUT2D eigenvalue weighted by Gasteiger charge is -2.10. The van der Waals surface area contributed by atoms with Gasteiger partial charge in [0.05, 0.1) is 5.75 Å². The standard InChI is InChI=1S/C18H23N3O4S/c1-12(2)21-26(23,24)11-14-5-3-13(4-6-14)10-19-18(22)16-9-17(25-20-16)15-7-8-15/h3-6,9,12,15,21H,7-8,10-11H2,1-2H3,(H,19,22). The summed E-state index contributed by atoms with van der Waals surface area (Å²) in [5, 5.41) is 6.60. The van der Waals surface area contributed by atoms with Crippen LogP contribution in [0.2, 0.25) is 0 Å². The summed E-state index contributed by atoms with van der Waals surface area (Å²) >= 11 is 0. The Hall–Kier alpha value is -2.19. The van der Waals surface area contributed by atoms with Gasteiger partial charge in [0, 0.05) is 24.6 Å². The van der Waals surface area contributed by atoms with E-state index in [1.807, 2.05) is 0 Å². The third kappa shape index (κ3) is 5.15. The summed E-state index contributed by atoms with van der Waals surface area (Å²) in [5.41, 5.74) is 1.86. The zero-order chi connectivity index (χ0) is 18.7. The van der Waals surface area contributed by atoms with Crippen LogP contribution in [0.15, 0.2) is 34.9 Å². The van der Waals surface area contributed by atoms with E-state index in [-0.39, 0.29) is 23.4 Å². The molecule has 1 aromatic carbocycles. The Morgan fingerprint density at radius 2 is 1.88 bits per heavy atom. The lowest BCUT2D eigenvalue weighted by Crippen LogP contribution is -2.31. The van der Waals surface area contributed by atoms with E-state index in [9.17, 15) is 13.2 Å². The molecule has 1 aliphatic carbocycles. The van der Waals surface area contributed by atoms with Crippen molar-refractivity contribution in [1.29, 1.82) is 0 Å². The summed E-state index contributed by atoms with van der Waals surface area (Å²) in [6.45, 7) is 3.90. The van der Waals surface area contributed by atoms with E-state index in [1.54, 1.807) is 44.2 Å². The number of nitrogens with one attached hydrogen (secondary N) is 2. The smallest absolute Gasteiger partial charge is 0.273 e. The molecule has 1 heterocycles. The third-order valence-electron chi connectivity index (χ3n) is 3.99. The lowest BCUT2D eigenvalue weighted by atomic mass is 10.1. The molecule has 2 aromatic rings. The van der Waals surface area contributed by atoms with E-state index in [0.29, 0.717) is 18.0 Å². The average Bonchev–Trinajstić information content (AvgIpc) is 3.29. The molecule has 0 bridgehead atoms. The Morgan fingerprint density at radius 1 is 1.23 bits per heavy atom. The van der Waals surface area contributed by atoms with Crippen LogP contribution in [-0.2, 0) is 22.3 Å². The number of carbonyl (C=O) groups excluding carboxylic acids is 1. The Bertz CT molecular complexity index is 868. The number of rotatable bonds is 8. The van der Waals surface area contributed by atoms with Gasteiger partial charge in [0.2, 0.25) is 10.0 Å². The summed E-state index contributed by atoms with van der Waals surface area (Å²) in [6.07, 6.45) is 2.18. The molecule has 8 heteroatoms. The highest BCUT2D eigenvalue weighted by molar-refractivity contribution is 7.88. The topological polar surface area (TPSA) is 101 Å². The van der Waals surface area contributed by atoms with Crippen LogP contribution in [0.5, 0.6) is 0 Å². The van der Waals surface area contributed by atoms with Crippen molar-refractivity contribution in [3.8, 4) is 0 Å². The van der Waals surface area contributed by atoms with Gasteiger partial charge in [-0.2, -0.15) is 0 Å². The molecular weight excluding hydrogens is 354 g/mol. The Balaban J connectivity index is 1.53. The van der Waals surface area contributed by atoms with Gasteiger partial charge < -0.3 is 9.84 Å². The fourth-order valence-electron chi connectivity index (χ4n) is 2.60. The molecule has 0 spiro atoms. The Morgan fingerprint density at radius 3 is 2.50 bits per heavy atom. The van der Waals surface area contributed by atoms with Crippen molar-refractivity contribution in [3.05, 3.63) is 52.9 Å². The third-order valence-corrected chi connectivity index (χ3v) is 5.53. The summed E-state index contributed by atoms with van der Waals surface area (Å²) in [6, 6.07) is 8.68. The van der Waals surface area contributed by atoms with Crippen molar-refractivity contribution in [2.75, 3.05) is 0 Å². The van der Waals surface area contributed by atoms with Crippen molar-refractivity contribution in [2.45, 2.75) is 50.9 Å². The maximum Gasteiger partial charge on any atom is 0.273 e. The largest absolute Gasteiger partial charge is 0.360 e. The number of aromatic nitrogens is 1. The van der Waals surface area contributed by atoms with Crippen molar-refractivity contribution in [1.82, 2.24) is 15.2 Å². The van der Waals surface area contributed by atoms with Crippen molar-refractivity contribution in [2.24, 2.45) is 0 Å². The van der Waals surface area contributed by atoms with E-state index in [1.165, 1.54) is 0 Å². The molecule has 1 aromatic heterocycles. The minimum atomic E-state index is -3.35. The van der Waals surface area contributed by atoms with Gasteiger partial charge in [-0.25, -0.2) is 13.1 Å². The van der Waals surface area contributed by atoms with Crippen LogP contribution in [-0.4, -0.2) is 25.5 Å². The molecular formula is C18H23N3O4S. The van der Waals surface area contributed by atoms with E-state index < -0.39 is 10.0 Å². The molecule has 2 N–H and O–H groups in total. The highest BCUT2D eigenvalue weighted by Crippen LogP contribution is 2.40. The fraction of sp³-hybridized carbons (Fsp3) is 0.444. The fourth-order valence-corrected chi connectivity index (χ4v) is 4.04. The number of hydrogen-bond donors (Lipinski definition) is 2. The van der Waals surface area contributed by atoms with Crippen LogP contribution in [0.3, 0.4) is 0 Å². The number of benzene rings is 1. The molecule has 1 aliphatic rings. The minimum Gasteiger partial charge on any atom is -0.360 e. The molecule has 3 rings (SSSR count). The highest BCUT2D eigenvalue weighted by Gasteiger charge is 2.28. The maximum absolute atomic E-state index is 12.1. The number of sulfonamides is 1. The molecule has 7 nitrogen and oxygen atoms in total. The lowest BCUT2D eigenvalue weighted by molar-refractivity contribution is 0.0941. The first-order valence-electron chi connectivity index (χ1n) is 8.65. The molecule has 0 atom stereocenters. The number of carbonyl (C=O) groups is 1. The Kier molecular flexibility index (Phi) is 5.43. The van der Waals surface area contributed by atoms with Crippen LogP contribution in [0.4, 0.5) is 0 Å². The van der Waals surface area contributed by atoms with Crippen LogP contribution >= 0.6 is 0 Å². The monoisotopic (exact) mass is 377 g/mol. The molecule has 140 valence electrons. The molecule has 0 aliphatic heterocycles. The summed E-state index contributed by atoms with van der Waals surface area (Å²) < 4.78 is 31.6. The second kappa shape index (κ2) is 7.59. The van der Waals surface area contributed by atoms with Gasteiger partial charge in [-0.05, 0) is 37.8 Å².